The van der Waals surface area contributed by atoms with Gasteiger partial charge in [-0.1, -0.05) is 30.3 Å². The molecule has 2 N–H and O–H groups in total. The third-order valence-electron chi connectivity index (χ3n) is 3.16. The van der Waals surface area contributed by atoms with Gasteiger partial charge in [0.2, 0.25) is 0 Å². The van der Waals surface area contributed by atoms with Gasteiger partial charge in [0.25, 0.3) is 0 Å². The van der Waals surface area contributed by atoms with Crippen LogP contribution in [0.25, 0.3) is 11.3 Å². The Morgan fingerprint density at radius 3 is 2.52 bits per heavy atom. The molecule has 0 atom stereocenters. The first-order valence-electron chi connectivity index (χ1n) is 6.46. The number of aromatic nitrogens is 2. The predicted molar refractivity (Wildman–Crippen MR) is 77.5 cm³/mol. The van der Waals surface area contributed by atoms with Crippen LogP contribution in [0.15, 0.2) is 54.7 Å². The number of nitrogens with zero attached hydrogens (tertiary/aromatic N) is 2. The lowest BCUT2D eigenvalue weighted by Crippen LogP contribution is -2.00. The maximum atomic E-state index is 13.8. The number of anilines is 1. The number of halogens is 2. The maximum Gasteiger partial charge on any atom is 0.135 e. The molecule has 1 aromatic heterocycles. The van der Waals surface area contributed by atoms with Gasteiger partial charge in [0, 0.05) is 17.8 Å². The zero-order valence-corrected chi connectivity index (χ0v) is 11.1. The summed E-state index contributed by atoms with van der Waals surface area (Å²) in [5.41, 5.74) is 7.83. The van der Waals surface area contributed by atoms with Crippen molar-refractivity contribution in [3.8, 4) is 11.3 Å². The fraction of sp³-hybridized carbons (Fsp3) is 0.0625. The zero-order valence-electron chi connectivity index (χ0n) is 11.1. The second-order valence-electron chi connectivity index (χ2n) is 4.74. The summed E-state index contributed by atoms with van der Waals surface area (Å²) in [6.07, 6.45) is 1.64. The quantitative estimate of drug-likeness (QED) is 0.801. The normalized spacial score (nSPS) is 10.8. The van der Waals surface area contributed by atoms with Gasteiger partial charge < -0.3 is 5.73 Å². The fourth-order valence-electron chi connectivity index (χ4n) is 2.18. The van der Waals surface area contributed by atoms with E-state index >= 15 is 0 Å². The van der Waals surface area contributed by atoms with Gasteiger partial charge in [0.15, 0.2) is 0 Å². The molecule has 0 aliphatic carbocycles. The molecular weight excluding hydrogens is 272 g/mol. The summed E-state index contributed by atoms with van der Waals surface area (Å²) in [4.78, 5) is 0. The molecule has 0 bridgehead atoms. The van der Waals surface area contributed by atoms with Crippen molar-refractivity contribution in [1.29, 1.82) is 0 Å². The summed E-state index contributed by atoms with van der Waals surface area (Å²) in [6.45, 7) is 0.536. The van der Waals surface area contributed by atoms with Crippen molar-refractivity contribution in [1.82, 2.24) is 9.78 Å². The Hall–Kier alpha value is -2.69. The number of hydrogen-bond donors (Lipinski definition) is 1. The van der Waals surface area contributed by atoms with Gasteiger partial charge in [0.1, 0.15) is 17.3 Å². The highest BCUT2D eigenvalue weighted by atomic mass is 19.1. The Bertz CT molecular complexity index is 766. The van der Waals surface area contributed by atoms with Crippen LogP contribution in [0.4, 0.5) is 14.5 Å². The molecule has 21 heavy (non-hydrogen) atoms. The number of benzene rings is 2. The summed E-state index contributed by atoms with van der Waals surface area (Å²) in [6, 6.07) is 13.1. The Balaban J connectivity index is 1.94. The molecule has 3 aromatic rings. The molecule has 0 spiro atoms. The minimum Gasteiger partial charge on any atom is -0.396 e. The van der Waals surface area contributed by atoms with E-state index in [4.69, 9.17) is 5.73 Å². The van der Waals surface area contributed by atoms with E-state index in [-0.39, 0.29) is 5.56 Å². The van der Waals surface area contributed by atoms with Crippen LogP contribution in [-0.4, -0.2) is 9.78 Å². The molecule has 2 aromatic carbocycles. The molecule has 0 unspecified atom stereocenters. The smallest absolute Gasteiger partial charge is 0.135 e. The van der Waals surface area contributed by atoms with Crippen LogP contribution in [0.3, 0.4) is 0 Å². The zero-order chi connectivity index (χ0) is 14.8. The molecule has 0 saturated heterocycles. The predicted octanol–water partition coefficient (Wildman–Crippen LogP) is 3.46. The van der Waals surface area contributed by atoms with Crippen LogP contribution in [0, 0.1) is 11.6 Å². The van der Waals surface area contributed by atoms with Gasteiger partial charge >= 0.3 is 0 Å². The van der Waals surface area contributed by atoms with E-state index < -0.39 is 11.6 Å². The molecule has 5 heteroatoms. The van der Waals surface area contributed by atoms with E-state index in [1.54, 1.807) is 10.9 Å². The summed E-state index contributed by atoms with van der Waals surface area (Å²) in [7, 11) is 0. The first kappa shape index (κ1) is 13.3. The van der Waals surface area contributed by atoms with E-state index in [1.807, 2.05) is 30.3 Å². The van der Waals surface area contributed by atoms with E-state index in [9.17, 15) is 8.78 Å². The Kier molecular flexibility index (Phi) is 3.39. The summed E-state index contributed by atoms with van der Waals surface area (Å²) in [5.74, 6) is -1.30. The SMILES string of the molecule is Nc1cn(Cc2ccccc2)nc1-c1ccc(F)cc1F. The third kappa shape index (κ3) is 2.76. The molecule has 0 saturated carbocycles. The standard InChI is InChI=1S/C16H13F2N3/c17-12-6-7-13(14(18)8-12)16-15(19)10-21(20-16)9-11-4-2-1-3-5-11/h1-8,10H,9,19H2. The lowest BCUT2D eigenvalue weighted by molar-refractivity contribution is 0.584. The first-order valence-corrected chi connectivity index (χ1v) is 6.46. The van der Waals surface area contributed by atoms with Crippen molar-refractivity contribution >= 4 is 5.69 Å². The number of nitrogens with two attached hydrogens (primary N) is 1. The highest BCUT2D eigenvalue weighted by Crippen LogP contribution is 2.27. The topological polar surface area (TPSA) is 43.8 Å². The third-order valence-corrected chi connectivity index (χ3v) is 3.16. The van der Waals surface area contributed by atoms with E-state index in [0.717, 1.165) is 11.6 Å². The Morgan fingerprint density at radius 1 is 1.05 bits per heavy atom. The van der Waals surface area contributed by atoms with Gasteiger partial charge in [-0.25, -0.2) is 8.78 Å². The first-order chi connectivity index (χ1) is 10.1. The highest BCUT2D eigenvalue weighted by Gasteiger charge is 2.13. The Labute approximate surface area is 120 Å². The number of rotatable bonds is 3. The van der Waals surface area contributed by atoms with Crippen molar-refractivity contribution in [3.63, 3.8) is 0 Å². The summed E-state index contributed by atoms with van der Waals surface area (Å²) < 4.78 is 28.4. The number of nitrogen functional groups attached to an aromatic ring is 1. The molecule has 0 fully saturated rings. The number of hydrogen-bond acceptors (Lipinski definition) is 2. The van der Waals surface area contributed by atoms with Crippen LogP contribution in [0.2, 0.25) is 0 Å². The van der Waals surface area contributed by atoms with Crippen molar-refractivity contribution in [2.75, 3.05) is 5.73 Å². The van der Waals surface area contributed by atoms with E-state index in [2.05, 4.69) is 5.10 Å². The van der Waals surface area contributed by atoms with E-state index in [0.29, 0.717) is 17.9 Å². The van der Waals surface area contributed by atoms with Gasteiger partial charge in [-0.3, -0.25) is 4.68 Å². The highest BCUT2D eigenvalue weighted by molar-refractivity contribution is 5.72. The van der Waals surface area contributed by atoms with Crippen molar-refractivity contribution in [3.05, 3.63) is 71.9 Å². The largest absolute Gasteiger partial charge is 0.396 e. The van der Waals surface area contributed by atoms with E-state index in [1.165, 1.54) is 12.1 Å². The molecular formula is C16H13F2N3. The Morgan fingerprint density at radius 2 is 1.81 bits per heavy atom. The fourth-order valence-corrected chi connectivity index (χ4v) is 2.18. The van der Waals surface area contributed by atoms with Gasteiger partial charge in [-0.05, 0) is 17.7 Å². The van der Waals surface area contributed by atoms with Gasteiger partial charge in [-0.2, -0.15) is 5.10 Å². The molecule has 3 nitrogen and oxygen atoms in total. The molecule has 0 amide bonds. The molecule has 3 rings (SSSR count). The monoisotopic (exact) mass is 285 g/mol. The minimum atomic E-state index is -0.674. The second kappa shape index (κ2) is 5.36. The summed E-state index contributed by atoms with van der Waals surface area (Å²) >= 11 is 0. The molecule has 0 aliphatic heterocycles. The van der Waals surface area contributed by atoms with Crippen molar-refractivity contribution < 1.29 is 8.78 Å². The lowest BCUT2D eigenvalue weighted by atomic mass is 10.1. The molecule has 106 valence electrons. The molecule has 0 radical (unpaired) electrons. The minimum absolute atomic E-state index is 0.195. The maximum absolute atomic E-state index is 13.8. The van der Waals surface area contributed by atoms with Gasteiger partial charge in [-0.15, -0.1) is 0 Å². The average Bonchev–Trinajstić information content (AvgIpc) is 2.80. The van der Waals surface area contributed by atoms with Crippen molar-refractivity contribution in [2.45, 2.75) is 6.54 Å². The second-order valence-corrected chi connectivity index (χ2v) is 4.74. The van der Waals surface area contributed by atoms with Crippen LogP contribution in [-0.2, 0) is 6.54 Å². The lowest BCUT2D eigenvalue weighted by Gasteiger charge is -2.02. The van der Waals surface area contributed by atoms with Crippen LogP contribution >= 0.6 is 0 Å². The van der Waals surface area contributed by atoms with Crippen LogP contribution < -0.4 is 5.73 Å². The molecule has 1 heterocycles. The van der Waals surface area contributed by atoms with Crippen LogP contribution in [0.1, 0.15) is 5.56 Å². The van der Waals surface area contributed by atoms with Gasteiger partial charge in [0.05, 0.1) is 12.2 Å². The molecule has 0 aliphatic rings. The summed E-state index contributed by atoms with van der Waals surface area (Å²) in [5, 5.41) is 4.30. The van der Waals surface area contributed by atoms with Crippen LogP contribution in [0.5, 0.6) is 0 Å². The van der Waals surface area contributed by atoms with Crippen molar-refractivity contribution in [2.24, 2.45) is 0 Å². The average molecular weight is 285 g/mol.